The number of nitrogens with zero attached hydrogens (tertiary/aromatic N) is 2. The van der Waals surface area contributed by atoms with E-state index >= 15 is 0 Å². The molecule has 1 heterocycles. The molecule has 1 aromatic carbocycles. The number of carbonyl (C=O) groups is 1. The fraction of sp³-hybridized carbons (Fsp3) is 0.231. The topological polar surface area (TPSA) is 111 Å². The Bertz CT molecular complexity index is 685. The molecule has 7 nitrogen and oxygen atoms in total. The van der Waals surface area contributed by atoms with E-state index in [1.165, 1.54) is 12.1 Å². The van der Waals surface area contributed by atoms with Gasteiger partial charge in [0.1, 0.15) is 5.52 Å². The van der Waals surface area contributed by atoms with E-state index in [1.54, 1.807) is 19.1 Å². The van der Waals surface area contributed by atoms with Crippen molar-refractivity contribution < 1.29 is 9.72 Å². The van der Waals surface area contributed by atoms with Crippen LogP contribution in [-0.2, 0) is 0 Å². The lowest BCUT2D eigenvalue weighted by molar-refractivity contribution is -0.383. The smallest absolute Gasteiger partial charge is 0.295 e. The number of carbonyl (C=O) groups excluding carboxylic acids is 1. The van der Waals surface area contributed by atoms with Gasteiger partial charge < -0.3 is 11.1 Å². The highest BCUT2D eigenvalue weighted by Gasteiger charge is 2.18. The van der Waals surface area contributed by atoms with Crippen molar-refractivity contribution in [2.75, 3.05) is 13.1 Å². The summed E-state index contributed by atoms with van der Waals surface area (Å²) in [5.74, 6) is -0.313. The second-order valence-electron chi connectivity index (χ2n) is 4.29. The van der Waals surface area contributed by atoms with E-state index in [0.29, 0.717) is 29.7 Å². The molecule has 0 radical (unpaired) electrons. The Morgan fingerprint density at radius 2 is 2.25 bits per heavy atom. The van der Waals surface area contributed by atoms with Gasteiger partial charge in [0, 0.05) is 30.2 Å². The van der Waals surface area contributed by atoms with Gasteiger partial charge in [0.2, 0.25) is 0 Å². The van der Waals surface area contributed by atoms with Gasteiger partial charge in [-0.1, -0.05) is 12.1 Å². The molecule has 0 fully saturated rings. The van der Waals surface area contributed by atoms with Gasteiger partial charge in [-0.05, 0) is 13.0 Å². The first-order valence-corrected chi connectivity index (χ1v) is 6.07. The molecular formula is C13H14N4O3. The van der Waals surface area contributed by atoms with Crippen LogP contribution < -0.4 is 11.1 Å². The average molecular weight is 274 g/mol. The number of pyridine rings is 1. The largest absolute Gasteiger partial charge is 0.351 e. The molecule has 3 N–H and O–H groups in total. The lowest BCUT2D eigenvalue weighted by Gasteiger charge is -2.08. The van der Waals surface area contributed by atoms with Crippen LogP contribution in [0.2, 0.25) is 0 Å². The number of hydrogen-bond donors (Lipinski definition) is 2. The first-order valence-electron chi connectivity index (χ1n) is 6.07. The van der Waals surface area contributed by atoms with Gasteiger partial charge in [-0.2, -0.15) is 0 Å². The Kier molecular flexibility index (Phi) is 3.90. The van der Waals surface area contributed by atoms with Crippen LogP contribution >= 0.6 is 0 Å². The normalized spacial score (nSPS) is 10.5. The number of nitro benzene ring substituents is 1. The minimum atomic E-state index is -0.504. The number of non-ortho nitro benzene ring substituents is 1. The van der Waals surface area contributed by atoms with Crippen LogP contribution in [-0.4, -0.2) is 28.9 Å². The Hall–Kier alpha value is -2.54. The van der Waals surface area contributed by atoms with E-state index in [4.69, 9.17) is 5.73 Å². The zero-order valence-electron chi connectivity index (χ0n) is 10.9. The lowest BCUT2D eigenvalue weighted by Crippen LogP contribution is -2.29. The van der Waals surface area contributed by atoms with Crippen molar-refractivity contribution >= 4 is 22.5 Å². The molecule has 2 aromatic rings. The molecule has 20 heavy (non-hydrogen) atoms. The van der Waals surface area contributed by atoms with Crippen LogP contribution in [0.15, 0.2) is 24.3 Å². The summed E-state index contributed by atoms with van der Waals surface area (Å²) in [6.45, 7) is 2.36. The molecule has 0 aliphatic rings. The van der Waals surface area contributed by atoms with Crippen LogP contribution in [0.5, 0.6) is 0 Å². The van der Waals surface area contributed by atoms with Gasteiger partial charge in [0.15, 0.2) is 0 Å². The summed E-state index contributed by atoms with van der Waals surface area (Å²) < 4.78 is 0. The zero-order chi connectivity index (χ0) is 14.7. The number of fused-ring (bicyclic) bond motifs is 1. The quantitative estimate of drug-likeness (QED) is 0.641. The molecule has 104 valence electrons. The first-order chi connectivity index (χ1) is 9.54. The number of nitrogens with one attached hydrogen (secondary N) is 1. The van der Waals surface area contributed by atoms with Crippen molar-refractivity contribution in [3.8, 4) is 0 Å². The molecule has 0 bridgehead atoms. The van der Waals surface area contributed by atoms with Gasteiger partial charge in [-0.25, -0.2) is 4.98 Å². The van der Waals surface area contributed by atoms with Crippen LogP contribution in [0.3, 0.4) is 0 Å². The molecule has 1 aromatic heterocycles. The summed E-state index contributed by atoms with van der Waals surface area (Å²) in [5, 5.41) is 14.1. The number of rotatable bonds is 4. The summed E-state index contributed by atoms with van der Waals surface area (Å²) in [5.41, 5.74) is 6.36. The number of nitrogens with two attached hydrogens (primary N) is 1. The fourth-order valence-electron chi connectivity index (χ4n) is 1.98. The summed E-state index contributed by atoms with van der Waals surface area (Å²) in [7, 11) is 0. The van der Waals surface area contributed by atoms with E-state index in [-0.39, 0.29) is 17.1 Å². The molecule has 0 saturated heterocycles. The third-order valence-corrected chi connectivity index (χ3v) is 2.82. The van der Waals surface area contributed by atoms with Gasteiger partial charge in [-0.15, -0.1) is 0 Å². The Morgan fingerprint density at radius 1 is 1.50 bits per heavy atom. The maximum absolute atomic E-state index is 12.1. The number of benzene rings is 1. The van der Waals surface area contributed by atoms with Crippen LogP contribution in [0.25, 0.3) is 10.9 Å². The van der Waals surface area contributed by atoms with Crippen LogP contribution in [0.4, 0.5) is 5.69 Å². The van der Waals surface area contributed by atoms with Gasteiger partial charge >= 0.3 is 0 Å². The van der Waals surface area contributed by atoms with Crippen LogP contribution in [0.1, 0.15) is 16.1 Å². The number of nitro groups is 1. The number of hydrogen-bond acceptors (Lipinski definition) is 5. The second kappa shape index (κ2) is 5.62. The maximum Gasteiger partial charge on any atom is 0.295 e. The van der Waals surface area contributed by atoms with Crippen molar-refractivity contribution in [3.63, 3.8) is 0 Å². The molecule has 2 rings (SSSR count). The third kappa shape index (κ3) is 2.57. The van der Waals surface area contributed by atoms with Crippen molar-refractivity contribution in [3.05, 3.63) is 45.6 Å². The molecule has 0 aliphatic carbocycles. The van der Waals surface area contributed by atoms with Crippen molar-refractivity contribution in [1.29, 1.82) is 0 Å². The fourth-order valence-corrected chi connectivity index (χ4v) is 1.98. The third-order valence-electron chi connectivity index (χ3n) is 2.82. The van der Waals surface area contributed by atoms with E-state index in [0.717, 1.165) is 0 Å². The SMILES string of the molecule is Cc1cc(C(=O)NCCN)c2cccc([N+](=O)[O-])c2n1. The van der Waals surface area contributed by atoms with E-state index in [9.17, 15) is 14.9 Å². The monoisotopic (exact) mass is 274 g/mol. The number of para-hydroxylation sites is 1. The van der Waals surface area contributed by atoms with Crippen molar-refractivity contribution in [1.82, 2.24) is 10.3 Å². The molecule has 1 amide bonds. The summed E-state index contributed by atoms with van der Waals surface area (Å²) in [6.07, 6.45) is 0. The standard InChI is InChI=1S/C13H14N4O3/c1-8-7-10(13(18)15-6-5-14)9-3-2-4-11(17(19)20)12(9)16-8/h2-4,7H,5-6,14H2,1H3,(H,15,18). The molecule has 0 aliphatic heterocycles. The summed E-state index contributed by atoms with van der Waals surface area (Å²) in [6, 6.07) is 6.16. The summed E-state index contributed by atoms with van der Waals surface area (Å²) in [4.78, 5) is 26.8. The van der Waals surface area contributed by atoms with E-state index in [1.807, 2.05) is 0 Å². The highest BCUT2D eigenvalue weighted by atomic mass is 16.6. The zero-order valence-corrected chi connectivity index (χ0v) is 10.9. The Morgan fingerprint density at radius 3 is 2.90 bits per heavy atom. The highest BCUT2D eigenvalue weighted by Crippen LogP contribution is 2.26. The maximum atomic E-state index is 12.1. The number of amides is 1. The van der Waals surface area contributed by atoms with Crippen LogP contribution in [0, 0.1) is 17.0 Å². The minimum absolute atomic E-state index is 0.112. The van der Waals surface area contributed by atoms with E-state index in [2.05, 4.69) is 10.3 Å². The molecule has 0 spiro atoms. The highest BCUT2D eigenvalue weighted by molar-refractivity contribution is 6.07. The number of aromatic nitrogens is 1. The average Bonchev–Trinajstić information content (AvgIpc) is 2.42. The Labute approximate surface area is 114 Å². The minimum Gasteiger partial charge on any atom is -0.351 e. The molecule has 0 atom stereocenters. The molecule has 0 unspecified atom stereocenters. The predicted molar refractivity (Wildman–Crippen MR) is 74.5 cm³/mol. The molecular weight excluding hydrogens is 260 g/mol. The molecule has 7 heteroatoms. The van der Waals surface area contributed by atoms with E-state index < -0.39 is 4.92 Å². The second-order valence-corrected chi connectivity index (χ2v) is 4.29. The first kappa shape index (κ1) is 13.9. The van der Waals surface area contributed by atoms with Crippen molar-refractivity contribution in [2.45, 2.75) is 6.92 Å². The predicted octanol–water partition coefficient (Wildman–Crippen LogP) is 1.14. The van der Waals surface area contributed by atoms with Crippen molar-refractivity contribution in [2.24, 2.45) is 5.73 Å². The lowest BCUT2D eigenvalue weighted by atomic mass is 10.1. The van der Waals surface area contributed by atoms with Gasteiger partial charge in [0.05, 0.1) is 10.5 Å². The Balaban J connectivity index is 2.64. The molecule has 0 saturated carbocycles. The van der Waals surface area contributed by atoms with Gasteiger partial charge in [0.25, 0.3) is 11.6 Å². The number of aryl methyl sites for hydroxylation is 1. The summed E-state index contributed by atoms with van der Waals surface area (Å²) >= 11 is 0. The van der Waals surface area contributed by atoms with Gasteiger partial charge in [-0.3, -0.25) is 14.9 Å².